The van der Waals surface area contributed by atoms with Crippen molar-refractivity contribution < 1.29 is 36.4 Å². The van der Waals surface area contributed by atoms with Gasteiger partial charge in [0.15, 0.2) is 5.69 Å². The molecule has 5 heterocycles. The number of carbonyl (C=O) groups is 3. The Kier molecular flexibility index (Phi) is 9.14. The van der Waals surface area contributed by atoms with Gasteiger partial charge in [-0.05, 0) is 80.8 Å². The number of halogens is 4. The lowest BCUT2D eigenvalue weighted by atomic mass is 9.83. The molecule has 2 aromatic carbocycles. The number of oxazole rings is 1. The number of aromatic nitrogens is 5. The summed E-state index contributed by atoms with van der Waals surface area (Å²) in [5.41, 5.74) is 2.18. The maximum Gasteiger partial charge on any atom is 0.468 e. The van der Waals surface area contributed by atoms with E-state index in [2.05, 4.69) is 24.9 Å². The van der Waals surface area contributed by atoms with Crippen LogP contribution < -0.4 is 16.3 Å². The van der Waals surface area contributed by atoms with Crippen LogP contribution in [-0.2, 0) is 22.8 Å². The molecule has 0 spiro atoms. The molecule has 2 saturated heterocycles. The number of nitrogens with zero attached hydrogens (tertiary/aromatic N) is 6. The molecule has 0 bridgehead atoms. The summed E-state index contributed by atoms with van der Waals surface area (Å²) in [5.74, 6) is -3.18. The van der Waals surface area contributed by atoms with Crippen LogP contribution in [0.1, 0.15) is 84.9 Å². The fraction of sp³-hybridized carbons (Fsp3) is 0.459. The van der Waals surface area contributed by atoms with E-state index in [1.165, 1.54) is 9.13 Å². The second-order valence-corrected chi connectivity index (χ2v) is 14.6. The maximum atomic E-state index is 16.1. The molecule has 3 aromatic heterocycles. The van der Waals surface area contributed by atoms with Crippen LogP contribution in [0.3, 0.4) is 0 Å². The molecule has 8 rings (SSSR count). The number of rotatable bonds is 7. The fourth-order valence-corrected chi connectivity index (χ4v) is 8.45. The first-order valence-electron chi connectivity index (χ1n) is 18.1. The summed E-state index contributed by atoms with van der Waals surface area (Å²) >= 11 is 0. The normalized spacial score (nSPS) is 24.3. The number of benzene rings is 2. The van der Waals surface area contributed by atoms with Crippen molar-refractivity contribution in [3.63, 3.8) is 0 Å². The van der Waals surface area contributed by atoms with Crippen molar-refractivity contribution in [1.82, 2.24) is 34.1 Å². The van der Waals surface area contributed by atoms with E-state index >= 15 is 4.39 Å². The zero-order valence-corrected chi connectivity index (χ0v) is 29.3. The highest BCUT2D eigenvalue weighted by atomic mass is 19.4. The van der Waals surface area contributed by atoms with Crippen LogP contribution >= 0.6 is 0 Å². The smallest absolute Gasteiger partial charge is 0.441 e. The summed E-state index contributed by atoms with van der Waals surface area (Å²) in [4.78, 5) is 55.7. The second-order valence-electron chi connectivity index (χ2n) is 14.6. The molecule has 3 aliphatic rings. The van der Waals surface area contributed by atoms with Gasteiger partial charge in [-0.1, -0.05) is 12.1 Å². The molecule has 5 aromatic rings. The van der Waals surface area contributed by atoms with E-state index in [1.54, 1.807) is 37.4 Å². The molecule has 1 aliphatic carbocycles. The Morgan fingerprint density at radius 1 is 1.06 bits per heavy atom. The lowest BCUT2D eigenvalue weighted by Crippen LogP contribution is -2.44. The topological polar surface area (TPSA) is 149 Å². The van der Waals surface area contributed by atoms with Crippen molar-refractivity contribution in [3.8, 4) is 0 Å². The number of likely N-dealkylation sites (tertiary alicyclic amines) is 1. The number of alkyl halides is 4. The predicted molar refractivity (Wildman–Crippen MR) is 187 cm³/mol. The third kappa shape index (κ3) is 6.69. The summed E-state index contributed by atoms with van der Waals surface area (Å²) in [5, 5.41) is 10.4. The lowest BCUT2D eigenvalue weighted by Gasteiger charge is -2.38. The summed E-state index contributed by atoms with van der Waals surface area (Å²) < 4.78 is 63.7. The van der Waals surface area contributed by atoms with Gasteiger partial charge in [0.05, 0.1) is 22.6 Å². The van der Waals surface area contributed by atoms with Crippen molar-refractivity contribution in [2.45, 2.75) is 75.3 Å². The Bertz CT molecular complexity index is 2320. The molecule has 0 radical (unpaired) electrons. The molecular weight excluding hydrogens is 712 g/mol. The van der Waals surface area contributed by atoms with Crippen LogP contribution in [0.4, 0.5) is 23.2 Å². The highest BCUT2D eigenvalue weighted by molar-refractivity contribution is 6.03. The number of para-hydroxylation sites is 1. The number of imidazole rings is 1. The van der Waals surface area contributed by atoms with E-state index < -0.39 is 47.7 Å². The van der Waals surface area contributed by atoms with Gasteiger partial charge < -0.3 is 14.6 Å². The number of carbonyl (C=O) groups excluding carboxylic acids is 3. The van der Waals surface area contributed by atoms with Gasteiger partial charge in [0.2, 0.25) is 11.8 Å². The number of fused-ring (bicyclic) bond motifs is 2. The Labute approximate surface area is 305 Å². The molecule has 3 fully saturated rings. The minimum atomic E-state index is -4.79. The van der Waals surface area contributed by atoms with Gasteiger partial charge in [0.1, 0.15) is 18.5 Å². The van der Waals surface area contributed by atoms with Crippen LogP contribution in [0.15, 0.2) is 58.1 Å². The van der Waals surface area contributed by atoms with Crippen LogP contribution in [-0.4, -0.2) is 72.3 Å². The number of aryl methyl sites for hydroxylation is 1. The number of imide groups is 1. The van der Waals surface area contributed by atoms with Gasteiger partial charge in [-0.2, -0.15) is 18.3 Å². The molecule has 17 heteroatoms. The van der Waals surface area contributed by atoms with Gasteiger partial charge in [-0.25, -0.2) is 14.2 Å². The van der Waals surface area contributed by atoms with E-state index in [0.717, 1.165) is 48.7 Å². The highest BCUT2D eigenvalue weighted by Gasteiger charge is 2.38. The van der Waals surface area contributed by atoms with Gasteiger partial charge in [-0.3, -0.25) is 33.5 Å². The van der Waals surface area contributed by atoms with Crippen LogP contribution in [0, 0.1) is 5.92 Å². The van der Waals surface area contributed by atoms with Gasteiger partial charge >= 0.3 is 17.8 Å². The van der Waals surface area contributed by atoms with E-state index in [9.17, 15) is 32.3 Å². The van der Waals surface area contributed by atoms with Crippen molar-refractivity contribution >= 4 is 45.3 Å². The van der Waals surface area contributed by atoms with Gasteiger partial charge in [0.25, 0.3) is 5.91 Å². The Morgan fingerprint density at radius 3 is 2.57 bits per heavy atom. The Hall–Kier alpha value is -5.32. The monoisotopic (exact) mass is 750 g/mol. The van der Waals surface area contributed by atoms with E-state index in [-0.39, 0.29) is 37.0 Å². The molecular formula is C37H38F4N8O5. The van der Waals surface area contributed by atoms with Gasteiger partial charge in [-0.15, -0.1) is 0 Å². The molecule has 3 atom stereocenters. The van der Waals surface area contributed by atoms with Crippen LogP contribution in [0.2, 0.25) is 0 Å². The molecule has 3 amide bonds. The molecule has 2 aliphatic heterocycles. The minimum Gasteiger partial charge on any atom is -0.441 e. The molecule has 54 heavy (non-hydrogen) atoms. The fourth-order valence-electron chi connectivity index (χ4n) is 8.45. The minimum absolute atomic E-state index is 0.144. The molecule has 2 N–H and O–H groups in total. The maximum absolute atomic E-state index is 16.1. The number of hydrogen-bond acceptors (Lipinski definition) is 8. The molecule has 13 nitrogen and oxygen atoms in total. The third-order valence-corrected chi connectivity index (χ3v) is 11.1. The highest BCUT2D eigenvalue weighted by Crippen LogP contribution is 2.38. The summed E-state index contributed by atoms with van der Waals surface area (Å²) in [6, 6.07) is 9.88. The quantitative estimate of drug-likeness (QED) is 0.164. The number of anilines is 1. The standard InChI is InChI=1S/C37H38F4N8O5/c1-46-32-25(3-2-4-29(32)49(36(46)53)30-11-12-31(50)44-34(30)52)24-13-14-47(18-26(24)38)16-20-5-8-23(9-6-20)48-17-21-15-22(7-10-27(21)45-48)42-33(51)28-19-54-35(43-28)37(39,40)41/h2-4,7,10,15,17,19-20,23-24,26,30H,5-6,8-9,11-14,16,18H2,1H3,(H,42,51)(H,44,50,52)/t20?,23?,24-,26+,30?/m0/s1. The van der Waals surface area contributed by atoms with Gasteiger partial charge in [0, 0.05) is 49.7 Å². The van der Waals surface area contributed by atoms with Crippen molar-refractivity contribution in [3.05, 3.63) is 76.5 Å². The first kappa shape index (κ1) is 35.7. The molecule has 1 saturated carbocycles. The van der Waals surface area contributed by atoms with Crippen molar-refractivity contribution in [1.29, 1.82) is 0 Å². The lowest BCUT2D eigenvalue weighted by molar-refractivity contribution is -0.157. The Morgan fingerprint density at radius 2 is 1.85 bits per heavy atom. The zero-order valence-electron chi connectivity index (χ0n) is 29.3. The summed E-state index contributed by atoms with van der Waals surface area (Å²) in [7, 11) is 1.64. The van der Waals surface area contributed by atoms with E-state index in [4.69, 9.17) is 5.10 Å². The van der Waals surface area contributed by atoms with Crippen molar-refractivity contribution in [2.24, 2.45) is 13.0 Å². The average Bonchev–Trinajstić information content (AvgIpc) is 3.86. The number of hydrogen-bond donors (Lipinski definition) is 2. The zero-order chi connectivity index (χ0) is 37.9. The SMILES string of the molecule is Cn1c(=O)n(C2CCC(=O)NC2=O)c2cccc([C@@H]3CCN(CC4CCC(n5cc6cc(NC(=O)c7coc(C(F)(F)F)n7)ccc6n5)CC4)C[C@H]3F)c21. The first-order valence-corrected chi connectivity index (χ1v) is 18.1. The predicted octanol–water partition coefficient (Wildman–Crippen LogP) is 5.49. The number of piperidine rings is 2. The number of nitrogens with one attached hydrogen (secondary N) is 2. The van der Waals surface area contributed by atoms with Crippen LogP contribution in [0.5, 0.6) is 0 Å². The number of amides is 3. The molecule has 284 valence electrons. The summed E-state index contributed by atoms with van der Waals surface area (Å²) in [6.45, 7) is 1.79. The largest absolute Gasteiger partial charge is 0.468 e. The van der Waals surface area contributed by atoms with Crippen LogP contribution in [0.25, 0.3) is 21.9 Å². The average molecular weight is 751 g/mol. The second kappa shape index (κ2) is 13.8. The Balaban J connectivity index is 0.871. The molecule has 1 unspecified atom stereocenters. The summed E-state index contributed by atoms with van der Waals surface area (Å²) in [6.07, 6.45) is 1.29. The van der Waals surface area contributed by atoms with E-state index in [0.29, 0.717) is 41.9 Å². The van der Waals surface area contributed by atoms with Crippen molar-refractivity contribution in [2.75, 3.05) is 25.0 Å². The first-order chi connectivity index (χ1) is 25.8. The van der Waals surface area contributed by atoms with E-state index in [1.807, 2.05) is 16.9 Å². The third-order valence-electron chi connectivity index (χ3n) is 11.1.